The van der Waals surface area contributed by atoms with Crippen molar-refractivity contribution >= 4 is 55.6 Å². The smallest absolute Gasteiger partial charge is 0.276 e. The van der Waals surface area contributed by atoms with Gasteiger partial charge in [-0.1, -0.05) is 49.9 Å². The predicted octanol–water partition coefficient (Wildman–Crippen LogP) is 3.57. The van der Waals surface area contributed by atoms with Crippen LogP contribution in [0.4, 0.5) is 0 Å². The fourth-order valence-electron chi connectivity index (χ4n) is 2.86. The third-order valence-corrected chi connectivity index (χ3v) is 8.31. The molecule has 0 spiro atoms. The maximum absolute atomic E-state index is 12.9. The first kappa shape index (κ1) is 22.1. The van der Waals surface area contributed by atoms with Gasteiger partial charge in [0.05, 0.1) is 11.2 Å². The molecule has 0 saturated heterocycles. The highest BCUT2D eigenvalue weighted by molar-refractivity contribution is 7.92. The molecule has 0 bridgehead atoms. The number of hydrogen-bond donors (Lipinski definition) is 0. The zero-order valence-corrected chi connectivity index (χ0v) is 19.0. The Hall–Kier alpha value is -1.62. The summed E-state index contributed by atoms with van der Waals surface area (Å²) in [6.07, 6.45) is 4.14. The molecule has 0 amide bonds. The molecule has 12 heteroatoms. The summed E-state index contributed by atoms with van der Waals surface area (Å²) < 4.78 is 29.2. The zero-order chi connectivity index (χ0) is 21.3. The van der Waals surface area contributed by atoms with E-state index in [0.29, 0.717) is 23.5 Å². The van der Waals surface area contributed by atoms with Crippen LogP contribution in [0.1, 0.15) is 39.5 Å². The predicted molar refractivity (Wildman–Crippen MR) is 115 cm³/mol. The van der Waals surface area contributed by atoms with Gasteiger partial charge in [-0.15, -0.1) is 16.4 Å². The average molecular weight is 479 g/mol. The first-order valence-electron chi connectivity index (χ1n) is 9.15. The second-order valence-electron chi connectivity index (χ2n) is 6.53. The molecule has 0 N–H and O–H groups in total. The average Bonchev–Trinajstić information content (AvgIpc) is 3.27. The van der Waals surface area contributed by atoms with Gasteiger partial charge in [-0.05, 0) is 18.9 Å². The number of aromatic nitrogens is 4. The fraction of sp³-hybridized carbons (Fsp3) is 0.471. The molecule has 0 unspecified atom stereocenters. The van der Waals surface area contributed by atoms with E-state index in [1.807, 2.05) is 13.8 Å². The Morgan fingerprint density at radius 2 is 1.69 bits per heavy atom. The van der Waals surface area contributed by atoms with Crippen molar-refractivity contribution in [1.29, 1.82) is 0 Å². The normalized spacial score (nSPS) is 12.1. The summed E-state index contributed by atoms with van der Waals surface area (Å²) in [6.45, 7) is 4.54. The van der Waals surface area contributed by atoms with Crippen LogP contribution in [0.2, 0.25) is 9.36 Å². The van der Waals surface area contributed by atoms with Gasteiger partial charge in [0.2, 0.25) is 0 Å². The van der Waals surface area contributed by atoms with E-state index in [2.05, 4.69) is 5.10 Å². The molecule has 0 aromatic carbocycles. The Labute approximate surface area is 181 Å². The van der Waals surface area contributed by atoms with Crippen molar-refractivity contribution in [3.8, 4) is 0 Å². The number of unbranched alkanes of at least 4 members (excludes halogenated alkanes) is 2. The van der Waals surface area contributed by atoms with Crippen LogP contribution in [0.3, 0.4) is 0 Å². The summed E-state index contributed by atoms with van der Waals surface area (Å²) >= 11 is 12.6. The number of aryl methyl sites for hydroxylation is 1. The standard InChI is InChI=1S/C17H20Cl2N4O4S2/c1-3-5-7-21-15-11(16(24)22(17(21)25)8-6-4-2)10-23(20-15)29(26,27)13-9-12(18)14(19)28-13/h9-10H,3-8H2,1-2H3. The second-order valence-corrected chi connectivity index (χ2v) is 10.6. The van der Waals surface area contributed by atoms with Crippen LogP contribution in [0.5, 0.6) is 0 Å². The Kier molecular flexibility index (Phi) is 6.57. The Morgan fingerprint density at radius 1 is 1.07 bits per heavy atom. The van der Waals surface area contributed by atoms with Gasteiger partial charge in [0.15, 0.2) is 5.65 Å². The first-order valence-corrected chi connectivity index (χ1v) is 12.2. The number of fused-ring (bicyclic) bond motifs is 1. The Morgan fingerprint density at radius 3 is 2.24 bits per heavy atom. The molecule has 0 aliphatic heterocycles. The summed E-state index contributed by atoms with van der Waals surface area (Å²) in [4.78, 5) is 25.8. The summed E-state index contributed by atoms with van der Waals surface area (Å²) in [7, 11) is -4.11. The molecule has 3 rings (SSSR count). The number of nitrogens with zero attached hydrogens (tertiary/aromatic N) is 4. The number of thiophene rings is 1. The lowest BCUT2D eigenvalue weighted by molar-refractivity contribution is 0.529. The van der Waals surface area contributed by atoms with Crippen LogP contribution in [0, 0.1) is 0 Å². The van der Waals surface area contributed by atoms with E-state index in [0.717, 1.165) is 34.9 Å². The van der Waals surface area contributed by atoms with Crippen molar-refractivity contribution < 1.29 is 8.42 Å². The Bertz CT molecular complexity index is 1250. The third kappa shape index (κ3) is 4.03. The van der Waals surface area contributed by atoms with Crippen molar-refractivity contribution in [2.75, 3.05) is 0 Å². The van der Waals surface area contributed by atoms with Gasteiger partial charge in [0.25, 0.3) is 15.6 Å². The van der Waals surface area contributed by atoms with E-state index < -0.39 is 21.3 Å². The molecule has 3 aromatic heterocycles. The van der Waals surface area contributed by atoms with Gasteiger partial charge in [-0.2, -0.15) is 12.5 Å². The van der Waals surface area contributed by atoms with Gasteiger partial charge < -0.3 is 0 Å². The minimum atomic E-state index is -4.11. The molecule has 0 atom stereocenters. The lowest BCUT2D eigenvalue weighted by Crippen LogP contribution is -2.40. The molecular formula is C17H20Cl2N4O4S2. The summed E-state index contributed by atoms with van der Waals surface area (Å²) in [5.41, 5.74) is -0.970. The third-order valence-electron chi connectivity index (χ3n) is 4.46. The minimum absolute atomic E-state index is 0.0542. The van der Waals surface area contributed by atoms with E-state index in [9.17, 15) is 18.0 Å². The van der Waals surface area contributed by atoms with Crippen molar-refractivity contribution in [3.05, 3.63) is 42.5 Å². The van der Waals surface area contributed by atoms with E-state index in [1.165, 1.54) is 10.6 Å². The van der Waals surface area contributed by atoms with E-state index in [-0.39, 0.29) is 31.1 Å². The summed E-state index contributed by atoms with van der Waals surface area (Å²) in [6, 6.07) is 1.24. The molecule has 0 aliphatic rings. The zero-order valence-electron chi connectivity index (χ0n) is 15.9. The van der Waals surface area contributed by atoms with Crippen LogP contribution in [0.25, 0.3) is 11.0 Å². The molecule has 8 nitrogen and oxygen atoms in total. The molecule has 29 heavy (non-hydrogen) atoms. The molecule has 3 heterocycles. The van der Waals surface area contributed by atoms with Gasteiger partial charge in [-0.3, -0.25) is 13.9 Å². The highest BCUT2D eigenvalue weighted by Gasteiger charge is 2.25. The number of hydrogen-bond acceptors (Lipinski definition) is 6. The van der Waals surface area contributed by atoms with Gasteiger partial charge in [-0.25, -0.2) is 4.79 Å². The SMILES string of the molecule is CCCCn1c(=O)c2cn(S(=O)(=O)c3cc(Cl)c(Cl)s3)nc2n(CCCC)c1=O. The van der Waals surface area contributed by atoms with E-state index in [1.54, 1.807) is 0 Å². The van der Waals surface area contributed by atoms with E-state index >= 15 is 0 Å². The van der Waals surface area contributed by atoms with Crippen LogP contribution < -0.4 is 11.2 Å². The maximum Gasteiger partial charge on any atom is 0.332 e. The molecule has 0 fully saturated rings. The molecule has 158 valence electrons. The van der Waals surface area contributed by atoms with Crippen LogP contribution >= 0.6 is 34.5 Å². The quantitative estimate of drug-likeness (QED) is 0.492. The first-order chi connectivity index (χ1) is 13.7. The molecule has 0 aliphatic carbocycles. The molecule has 0 radical (unpaired) electrons. The van der Waals surface area contributed by atoms with Crippen LogP contribution in [-0.4, -0.2) is 26.7 Å². The van der Waals surface area contributed by atoms with Crippen LogP contribution in [0.15, 0.2) is 26.1 Å². The fourth-order valence-corrected chi connectivity index (χ4v) is 5.95. The van der Waals surface area contributed by atoms with Crippen molar-refractivity contribution in [1.82, 2.24) is 18.3 Å². The maximum atomic E-state index is 12.9. The minimum Gasteiger partial charge on any atom is -0.276 e. The van der Waals surface area contributed by atoms with Crippen molar-refractivity contribution in [2.45, 2.75) is 56.8 Å². The van der Waals surface area contributed by atoms with E-state index in [4.69, 9.17) is 23.2 Å². The lowest BCUT2D eigenvalue weighted by atomic mass is 10.3. The van der Waals surface area contributed by atoms with Gasteiger partial charge in [0.1, 0.15) is 13.9 Å². The lowest BCUT2D eigenvalue weighted by Gasteiger charge is -2.10. The highest BCUT2D eigenvalue weighted by Crippen LogP contribution is 2.35. The molecule has 0 saturated carbocycles. The van der Waals surface area contributed by atoms with Crippen molar-refractivity contribution in [2.24, 2.45) is 0 Å². The molecule has 3 aromatic rings. The topological polar surface area (TPSA) is 96.0 Å². The largest absolute Gasteiger partial charge is 0.332 e. The second kappa shape index (κ2) is 8.63. The number of halogens is 2. The van der Waals surface area contributed by atoms with Gasteiger partial charge >= 0.3 is 5.69 Å². The molecular weight excluding hydrogens is 459 g/mol. The van der Waals surface area contributed by atoms with Crippen molar-refractivity contribution in [3.63, 3.8) is 0 Å². The van der Waals surface area contributed by atoms with Crippen LogP contribution in [-0.2, 0) is 23.1 Å². The summed E-state index contributed by atoms with van der Waals surface area (Å²) in [5.74, 6) is 0. The Balaban J connectivity index is 2.26. The number of rotatable bonds is 8. The highest BCUT2D eigenvalue weighted by atomic mass is 35.5. The summed E-state index contributed by atoms with van der Waals surface area (Å²) in [5, 5.41) is 4.29. The monoisotopic (exact) mass is 478 g/mol. The van der Waals surface area contributed by atoms with Gasteiger partial charge in [0, 0.05) is 13.1 Å².